The number of fused-ring (bicyclic) bond motifs is 8. The molecule has 5 aliphatic rings. The van der Waals surface area contributed by atoms with Crippen molar-refractivity contribution in [2.75, 3.05) is 85.8 Å². The topological polar surface area (TPSA) is 154 Å². The lowest BCUT2D eigenvalue weighted by Gasteiger charge is -2.35. The van der Waals surface area contributed by atoms with E-state index in [2.05, 4.69) is 36.7 Å². The Bertz CT molecular complexity index is 3180. The van der Waals surface area contributed by atoms with Gasteiger partial charge in [0.05, 0.1) is 34.3 Å². The van der Waals surface area contributed by atoms with E-state index in [0.717, 1.165) is 70.3 Å². The van der Waals surface area contributed by atoms with Crippen molar-refractivity contribution in [2.24, 2.45) is 11.8 Å². The number of aliphatic carboxylic acids is 1. The number of hydrogen-bond acceptors (Lipinski definition) is 15. The number of thiophene rings is 1. The third-order valence-electron chi connectivity index (χ3n) is 14.6. The van der Waals surface area contributed by atoms with Gasteiger partial charge in [-0.1, -0.05) is 35.3 Å². The summed E-state index contributed by atoms with van der Waals surface area (Å²) in [4.78, 5) is 40.3. The highest BCUT2D eigenvalue weighted by molar-refractivity contribution is 7.22. The van der Waals surface area contributed by atoms with Crippen molar-refractivity contribution in [2.45, 2.75) is 39.1 Å². The number of piperazine rings is 1. The second-order valence-electron chi connectivity index (χ2n) is 19.7. The summed E-state index contributed by atoms with van der Waals surface area (Å²) < 4.78 is 52.6. The predicted octanol–water partition coefficient (Wildman–Crippen LogP) is 9.54. The van der Waals surface area contributed by atoms with E-state index in [1.165, 1.54) is 29.8 Å². The van der Waals surface area contributed by atoms with E-state index < -0.39 is 24.0 Å². The second kappa shape index (κ2) is 22.2. The van der Waals surface area contributed by atoms with E-state index in [-0.39, 0.29) is 25.5 Å². The molecule has 8 heterocycles. The first-order valence-corrected chi connectivity index (χ1v) is 26.7. The number of hydrogen-bond donors (Lipinski definition) is 1. The first-order valence-electron chi connectivity index (χ1n) is 25.1. The maximum absolute atomic E-state index is 14.4. The number of aromatic nitrogens is 4. The largest absolute Gasteiger partial charge is 0.492 e. The summed E-state index contributed by atoms with van der Waals surface area (Å²) in [6.45, 7) is 13.2. The van der Waals surface area contributed by atoms with Crippen LogP contribution in [0.5, 0.6) is 28.9 Å². The summed E-state index contributed by atoms with van der Waals surface area (Å²) in [5.41, 5.74) is 5.18. The molecule has 0 radical (unpaired) electrons. The van der Waals surface area contributed by atoms with E-state index in [9.17, 15) is 14.3 Å². The van der Waals surface area contributed by atoms with Crippen LogP contribution in [0.25, 0.3) is 43.2 Å². The quantitative estimate of drug-likeness (QED) is 0.123. The molecule has 75 heavy (non-hydrogen) atoms. The SMILES string of the molecule is Cc1c(Cl)c2c(Cl)c(C)c1-c1c(-c3ccc(F)cc3)sc3ncnc(c13)O[C@@H](C(=O)O)Cc1cc(ccc1OCc1ccnc(-c3ccc(OCCN4C[C@H]5COC[C@H]5C4)cc3)n1)OC[C@@H](CN1CCN(C)CC1)O2. The molecule has 0 aliphatic carbocycles. The van der Waals surface area contributed by atoms with Crippen LogP contribution in [0.1, 0.15) is 22.4 Å². The molecule has 3 aromatic heterocycles. The minimum absolute atomic E-state index is 0.0258. The molecule has 3 saturated heterocycles. The number of likely N-dealkylation sites (tertiary alicyclic amines) is 1. The second-order valence-corrected chi connectivity index (χ2v) is 21.4. The summed E-state index contributed by atoms with van der Waals surface area (Å²) in [5, 5.41) is 12.0. The van der Waals surface area contributed by atoms with Crippen LogP contribution in [-0.4, -0.2) is 144 Å². The molecule has 5 aliphatic heterocycles. The minimum atomic E-state index is -1.48. The summed E-state index contributed by atoms with van der Waals surface area (Å²) in [5.74, 6) is 2.12. The molecule has 12 rings (SSSR count). The van der Waals surface area contributed by atoms with Crippen molar-refractivity contribution in [1.29, 1.82) is 0 Å². The van der Waals surface area contributed by atoms with Gasteiger partial charge in [0.25, 0.3) is 0 Å². The third kappa shape index (κ3) is 11.1. The van der Waals surface area contributed by atoms with Crippen LogP contribution in [0.2, 0.25) is 10.0 Å². The van der Waals surface area contributed by atoms with Gasteiger partial charge >= 0.3 is 5.97 Å². The van der Waals surface area contributed by atoms with Crippen molar-refractivity contribution < 1.29 is 42.7 Å². The van der Waals surface area contributed by atoms with Crippen molar-refractivity contribution in [3.8, 4) is 61.8 Å². The molecular formula is C56H56Cl2FN7O8S. The van der Waals surface area contributed by atoms with Gasteiger partial charge in [0.15, 0.2) is 11.6 Å². The number of nitrogens with zero attached hydrogens (tertiary/aromatic N) is 7. The highest BCUT2D eigenvalue weighted by Gasteiger charge is 2.37. The Hall–Kier alpha value is -6.18. The van der Waals surface area contributed by atoms with Crippen molar-refractivity contribution in [3.63, 3.8) is 0 Å². The summed E-state index contributed by atoms with van der Waals surface area (Å²) in [6.07, 6.45) is 0.853. The Morgan fingerprint density at radius 1 is 0.840 bits per heavy atom. The summed E-state index contributed by atoms with van der Waals surface area (Å²) in [7, 11) is 2.11. The highest BCUT2D eigenvalue weighted by atomic mass is 35.5. The summed E-state index contributed by atoms with van der Waals surface area (Å²) >= 11 is 16.0. The third-order valence-corrected chi connectivity index (χ3v) is 16.6. The molecule has 0 spiro atoms. The van der Waals surface area contributed by atoms with Crippen LogP contribution in [0.4, 0.5) is 4.39 Å². The number of carboxylic acid groups (broad SMARTS) is 1. The fourth-order valence-electron chi connectivity index (χ4n) is 10.4. The Kier molecular flexibility index (Phi) is 15.1. The lowest BCUT2D eigenvalue weighted by molar-refractivity contribution is -0.145. The molecule has 7 aromatic rings. The average molecular weight is 1080 g/mol. The zero-order valence-electron chi connectivity index (χ0n) is 41.8. The first-order chi connectivity index (χ1) is 36.4. The fraction of sp³-hybridized carbons (Fsp3) is 0.375. The number of rotatable bonds is 12. The van der Waals surface area contributed by atoms with Gasteiger partial charge in [-0.3, -0.25) is 9.80 Å². The van der Waals surface area contributed by atoms with Gasteiger partial charge in [0.2, 0.25) is 12.0 Å². The lowest BCUT2D eigenvalue weighted by Crippen LogP contribution is -2.49. The fourth-order valence-corrected chi connectivity index (χ4v) is 12.1. The van der Waals surface area contributed by atoms with Gasteiger partial charge in [0.1, 0.15) is 60.1 Å². The Balaban J connectivity index is 0.908. The molecule has 4 bridgehead atoms. The molecule has 390 valence electrons. The van der Waals surface area contributed by atoms with Crippen LogP contribution in [0.3, 0.4) is 0 Å². The van der Waals surface area contributed by atoms with E-state index in [0.29, 0.717) is 112 Å². The molecule has 0 saturated carbocycles. The molecule has 19 heteroatoms. The molecule has 3 fully saturated rings. The number of likely N-dealkylation sites (N-methyl/N-ethyl adjacent to an activating group) is 1. The maximum Gasteiger partial charge on any atom is 0.345 e. The van der Waals surface area contributed by atoms with Crippen LogP contribution in [-0.2, 0) is 22.6 Å². The van der Waals surface area contributed by atoms with E-state index >= 15 is 0 Å². The average Bonchev–Trinajstić information content (AvgIpc) is 4.15. The number of carbonyl (C=O) groups is 1. The van der Waals surface area contributed by atoms with Gasteiger partial charge in [-0.2, -0.15) is 0 Å². The maximum atomic E-state index is 14.4. The molecule has 15 nitrogen and oxygen atoms in total. The molecule has 0 amide bonds. The van der Waals surface area contributed by atoms with Gasteiger partial charge in [-0.05, 0) is 104 Å². The van der Waals surface area contributed by atoms with E-state index in [4.69, 9.17) is 56.6 Å². The van der Waals surface area contributed by atoms with Crippen LogP contribution >= 0.6 is 34.5 Å². The van der Waals surface area contributed by atoms with Crippen molar-refractivity contribution >= 4 is 50.7 Å². The van der Waals surface area contributed by atoms with E-state index in [1.807, 2.05) is 38.1 Å². The zero-order valence-corrected chi connectivity index (χ0v) is 44.1. The standard InChI is InChI=1S/C56H56Cl2FN7O8S/c1-32-46-33(2)50(58)51(49(32)57)73-43(26-65-18-16-64(3)17-19-65)30-71-42-12-13-44(36(22-42)23-45(56(67)68)74-54-48-47(46)52(75-55(48)62-31-61-54)34-4-8-39(59)9-5-34)72-29-40-14-15-60-53(63-40)35-6-10-41(11-7-35)70-21-20-66-24-37-27-69-28-38(37)25-66/h4-15,22,31,37-38,43,45H,16-21,23-30H2,1-3H3,(H,67,68)/t37-,38+,43-,45-/m1/s1. The zero-order chi connectivity index (χ0) is 51.7. The Morgan fingerprint density at radius 2 is 1.57 bits per heavy atom. The van der Waals surface area contributed by atoms with Gasteiger partial charge in [-0.25, -0.2) is 29.1 Å². The van der Waals surface area contributed by atoms with Gasteiger partial charge in [0, 0.05) is 98.4 Å². The lowest BCUT2D eigenvalue weighted by atomic mass is 9.92. The van der Waals surface area contributed by atoms with E-state index in [1.54, 1.807) is 42.6 Å². The molecule has 4 atom stereocenters. The van der Waals surface area contributed by atoms with Crippen LogP contribution in [0, 0.1) is 31.5 Å². The minimum Gasteiger partial charge on any atom is -0.492 e. The van der Waals surface area contributed by atoms with Crippen molar-refractivity contribution in [1.82, 2.24) is 34.6 Å². The van der Waals surface area contributed by atoms with Gasteiger partial charge in [-0.15, -0.1) is 11.3 Å². The molecule has 4 aromatic carbocycles. The number of ether oxygens (including phenoxy) is 6. The van der Waals surface area contributed by atoms with Crippen molar-refractivity contribution in [3.05, 3.63) is 124 Å². The smallest absolute Gasteiger partial charge is 0.345 e. The number of carboxylic acids is 1. The monoisotopic (exact) mass is 1080 g/mol. The van der Waals surface area contributed by atoms with Gasteiger partial charge < -0.3 is 38.4 Å². The number of benzene rings is 4. The van der Waals surface area contributed by atoms with Crippen LogP contribution in [0.15, 0.2) is 85.3 Å². The molecule has 1 N–H and O–H groups in total. The normalized spacial score (nSPS) is 20.3. The highest BCUT2D eigenvalue weighted by Crippen LogP contribution is 2.53. The van der Waals surface area contributed by atoms with Crippen LogP contribution < -0.4 is 23.7 Å². The number of halogens is 3. The Morgan fingerprint density at radius 3 is 2.31 bits per heavy atom. The molecular weight excluding hydrogens is 1020 g/mol. The summed E-state index contributed by atoms with van der Waals surface area (Å²) in [6, 6.07) is 21.0. The molecule has 0 unspecified atom stereocenters. The predicted molar refractivity (Wildman–Crippen MR) is 285 cm³/mol. The first kappa shape index (κ1) is 51.0. The Labute approximate surface area is 448 Å².